The molecular weight excluding hydrogens is 356 g/mol. The number of amides is 2. The maximum Gasteiger partial charge on any atom is 0.327 e. The zero-order valence-corrected chi connectivity index (χ0v) is 16.3. The van der Waals surface area contributed by atoms with Crippen LogP contribution in [0.15, 0.2) is 12.1 Å². The Balaban J connectivity index is 1.52. The first kappa shape index (κ1) is 17.6. The first-order chi connectivity index (χ1) is 13.7. The van der Waals surface area contributed by atoms with Crippen molar-refractivity contribution in [3.8, 4) is 0 Å². The molecule has 2 amide bonds. The molecule has 2 aliphatic heterocycles. The van der Waals surface area contributed by atoms with Crippen LogP contribution in [0.2, 0.25) is 0 Å². The van der Waals surface area contributed by atoms with Gasteiger partial charge >= 0.3 is 6.03 Å². The number of hydrogen-bond acceptors (Lipinski definition) is 6. The van der Waals surface area contributed by atoms with Crippen molar-refractivity contribution in [3.05, 3.63) is 17.8 Å². The molecule has 8 heteroatoms. The van der Waals surface area contributed by atoms with Gasteiger partial charge in [0.05, 0.1) is 18.7 Å². The zero-order chi connectivity index (χ0) is 19.1. The van der Waals surface area contributed by atoms with Gasteiger partial charge in [-0.25, -0.2) is 14.8 Å². The second-order valence-corrected chi connectivity index (χ2v) is 7.83. The summed E-state index contributed by atoms with van der Waals surface area (Å²) in [6.07, 6.45) is 4.65. The van der Waals surface area contributed by atoms with E-state index in [4.69, 9.17) is 19.7 Å². The lowest BCUT2D eigenvalue weighted by Crippen LogP contribution is -2.39. The number of rotatable bonds is 3. The van der Waals surface area contributed by atoms with E-state index in [1.807, 2.05) is 24.0 Å². The van der Waals surface area contributed by atoms with Crippen molar-refractivity contribution in [1.29, 1.82) is 0 Å². The highest BCUT2D eigenvalue weighted by molar-refractivity contribution is 5.95. The SMILES string of the molecule is Cc1ccc2nc(N3CCN(C4CCCC4)C3=O)nc(N3CCOCC3)c2n1. The van der Waals surface area contributed by atoms with Crippen molar-refractivity contribution >= 4 is 28.8 Å². The zero-order valence-electron chi connectivity index (χ0n) is 16.3. The van der Waals surface area contributed by atoms with Crippen molar-refractivity contribution in [3.63, 3.8) is 0 Å². The van der Waals surface area contributed by atoms with Crippen LogP contribution in [-0.4, -0.2) is 71.3 Å². The number of ether oxygens (including phenoxy) is 1. The Labute approximate surface area is 164 Å². The van der Waals surface area contributed by atoms with Gasteiger partial charge in [-0.2, -0.15) is 4.98 Å². The number of nitrogens with zero attached hydrogens (tertiary/aromatic N) is 6. The van der Waals surface area contributed by atoms with Gasteiger partial charge < -0.3 is 14.5 Å². The molecule has 3 aliphatic rings. The molecule has 0 unspecified atom stereocenters. The van der Waals surface area contributed by atoms with E-state index >= 15 is 0 Å². The molecule has 1 saturated carbocycles. The highest BCUT2D eigenvalue weighted by Crippen LogP contribution is 2.30. The third-order valence-corrected chi connectivity index (χ3v) is 6.01. The highest BCUT2D eigenvalue weighted by atomic mass is 16.5. The summed E-state index contributed by atoms with van der Waals surface area (Å²) in [7, 11) is 0. The van der Waals surface area contributed by atoms with Gasteiger partial charge in [0.25, 0.3) is 0 Å². The molecule has 2 aromatic heterocycles. The van der Waals surface area contributed by atoms with Crippen molar-refractivity contribution < 1.29 is 9.53 Å². The Hall–Kier alpha value is -2.48. The number of anilines is 2. The predicted molar refractivity (Wildman–Crippen MR) is 107 cm³/mol. The van der Waals surface area contributed by atoms with Gasteiger partial charge in [0.15, 0.2) is 5.82 Å². The van der Waals surface area contributed by atoms with Crippen LogP contribution in [-0.2, 0) is 4.74 Å². The first-order valence-corrected chi connectivity index (χ1v) is 10.3. The maximum absolute atomic E-state index is 13.1. The standard InChI is InChI=1S/C20H26N6O2/c1-14-6-7-16-17(21-14)18(24-10-12-28-13-11-24)23-19(22-16)26-9-8-25(20(26)27)15-4-2-3-5-15/h6-7,15H,2-5,8-13H2,1H3. The summed E-state index contributed by atoms with van der Waals surface area (Å²) in [5, 5.41) is 0. The second kappa shape index (κ2) is 7.16. The van der Waals surface area contributed by atoms with Crippen molar-refractivity contribution in [2.75, 3.05) is 49.2 Å². The van der Waals surface area contributed by atoms with E-state index in [1.165, 1.54) is 12.8 Å². The molecule has 8 nitrogen and oxygen atoms in total. The smallest absolute Gasteiger partial charge is 0.327 e. The number of urea groups is 1. The number of pyridine rings is 1. The van der Waals surface area contributed by atoms with Crippen molar-refractivity contribution in [2.45, 2.75) is 38.6 Å². The fourth-order valence-electron chi connectivity index (χ4n) is 4.50. The van der Waals surface area contributed by atoms with E-state index in [9.17, 15) is 4.79 Å². The van der Waals surface area contributed by atoms with Gasteiger partial charge in [-0.05, 0) is 31.9 Å². The lowest BCUT2D eigenvalue weighted by atomic mass is 10.2. The van der Waals surface area contributed by atoms with Crippen LogP contribution in [0.3, 0.4) is 0 Å². The summed E-state index contributed by atoms with van der Waals surface area (Å²) in [5.41, 5.74) is 2.51. The Morgan fingerprint density at radius 3 is 2.57 bits per heavy atom. The fourth-order valence-corrected chi connectivity index (χ4v) is 4.50. The lowest BCUT2D eigenvalue weighted by molar-refractivity contribution is 0.122. The van der Waals surface area contributed by atoms with Gasteiger partial charge in [-0.3, -0.25) is 4.90 Å². The Kier molecular flexibility index (Phi) is 4.50. The number of carbonyl (C=O) groups excluding carboxylic acids is 1. The molecule has 3 fully saturated rings. The molecule has 0 aromatic carbocycles. The Morgan fingerprint density at radius 1 is 1.00 bits per heavy atom. The normalized spacial score (nSPS) is 21.3. The topological polar surface area (TPSA) is 74.7 Å². The summed E-state index contributed by atoms with van der Waals surface area (Å²) in [6, 6.07) is 4.35. The quantitative estimate of drug-likeness (QED) is 0.811. The van der Waals surface area contributed by atoms with E-state index in [0.717, 1.165) is 55.0 Å². The number of aryl methyl sites for hydroxylation is 1. The minimum Gasteiger partial charge on any atom is -0.378 e. The molecule has 2 aromatic rings. The van der Waals surface area contributed by atoms with Gasteiger partial charge in [-0.1, -0.05) is 12.8 Å². The van der Waals surface area contributed by atoms with Crippen LogP contribution in [0.25, 0.3) is 11.0 Å². The van der Waals surface area contributed by atoms with E-state index in [1.54, 1.807) is 4.90 Å². The molecule has 0 radical (unpaired) electrons. The summed E-state index contributed by atoms with van der Waals surface area (Å²) < 4.78 is 5.50. The summed E-state index contributed by atoms with van der Waals surface area (Å²) in [5.74, 6) is 1.30. The molecule has 4 heterocycles. The number of morpholine rings is 1. The molecule has 0 atom stereocenters. The number of carbonyl (C=O) groups is 1. The van der Waals surface area contributed by atoms with Gasteiger partial charge in [0, 0.05) is 37.9 Å². The summed E-state index contributed by atoms with van der Waals surface area (Å²) >= 11 is 0. The van der Waals surface area contributed by atoms with Gasteiger partial charge in [0.1, 0.15) is 5.52 Å². The second-order valence-electron chi connectivity index (χ2n) is 7.83. The van der Waals surface area contributed by atoms with Gasteiger partial charge in [0.2, 0.25) is 5.95 Å². The predicted octanol–water partition coefficient (Wildman–Crippen LogP) is 2.35. The van der Waals surface area contributed by atoms with Crippen LogP contribution in [0.4, 0.5) is 16.6 Å². The first-order valence-electron chi connectivity index (χ1n) is 10.3. The number of fused-ring (bicyclic) bond motifs is 1. The molecule has 148 valence electrons. The summed E-state index contributed by atoms with van der Waals surface area (Å²) in [4.78, 5) is 33.3. The van der Waals surface area contributed by atoms with Crippen molar-refractivity contribution in [1.82, 2.24) is 19.9 Å². The Morgan fingerprint density at radius 2 is 1.79 bits per heavy atom. The van der Waals surface area contributed by atoms with E-state index < -0.39 is 0 Å². The highest BCUT2D eigenvalue weighted by Gasteiger charge is 2.37. The van der Waals surface area contributed by atoms with Crippen LogP contribution in [0.1, 0.15) is 31.4 Å². The van der Waals surface area contributed by atoms with Crippen LogP contribution in [0.5, 0.6) is 0 Å². The van der Waals surface area contributed by atoms with Crippen LogP contribution in [0, 0.1) is 6.92 Å². The van der Waals surface area contributed by atoms with Crippen LogP contribution >= 0.6 is 0 Å². The monoisotopic (exact) mass is 382 g/mol. The van der Waals surface area contributed by atoms with Crippen molar-refractivity contribution in [2.24, 2.45) is 0 Å². The lowest BCUT2D eigenvalue weighted by Gasteiger charge is -2.29. The molecule has 0 bridgehead atoms. The minimum absolute atomic E-state index is 0.0410. The van der Waals surface area contributed by atoms with E-state index in [2.05, 4.69) is 4.90 Å². The third kappa shape index (κ3) is 3.05. The molecule has 5 rings (SSSR count). The van der Waals surface area contributed by atoms with Gasteiger partial charge in [-0.15, -0.1) is 0 Å². The molecular formula is C20H26N6O2. The largest absolute Gasteiger partial charge is 0.378 e. The number of aromatic nitrogens is 3. The Bertz CT molecular complexity index is 892. The van der Waals surface area contributed by atoms with E-state index in [0.29, 0.717) is 31.7 Å². The fraction of sp³-hybridized carbons (Fsp3) is 0.600. The minimum atomic E-state index is 0.0410. The average molecular weight is 382 g/mol. The maximum atomic E-state index is 13.1. The molecule has 28 heavy (non-hydrogen) atoms. The third-order valence-electron chi connectivity index (χ3n) is 6.01. The average Bonchev–Trinajstić information content (AvgIpc) is 3.37. The number of hydrogen-bond donors (Lipinski definition) is 0. The molecule has 0 spiro atoms. The molecule has 1 aliphatic carbocycles. The molecule has 0 N–H and O–H groups in total. The van der Waals surface area contributed by atoms with E-state index in [-0.39, 0.29) is 6.03 Å². The van der Waals surface area contributed by atoms with Crippen LogP contribution < -0.4 is 9.80 Å². The summed E-state index contributed by atoms with van der Waals surface area (Å²) in [6.45, 7) is 6.24. The molecule has 2 saturated heterocycles.